The molecule has 2 heteroatoms. The summed E-state index contributed by atoms with van der Waals surface area (Å²) >= 11 is 3.74. The molecule has 3 rings (SSSR count). The van der Waals surface area contributed by atoms with Crippen LogP contribution in [-0.4, -0.2) is 17.0 Å². The van der Waals surface area contributed by atoms with Crippen molar-refractivity contribution in [2.45, 2.75) is 75.3 Å². The van der Waals surface area contributed by atoms with Crippen molar-refractivity contribution in [1.29, 1.82) is 0 Å². The highest BCUT2D eigenvalue weighted by atomic mass is 79.9. The van der Waals surface area contributed by atoms with Gasteiger partial charge in [0.05, 0.1) is 12.2 Å². The number of alkyl halides is 1. The Balaban J connectivity index is 1.46. The highest BCUT2D eigenvalue weighted by Crippen LogP contribution is 2.46. The molecule has 98 valence electrons. The van der Waals surface area contributed by atoms with Gasteiger partial charge in [-0.1, -0.05) is 35.7 Å². The molecule has 17 heavy (non-hydrogen) atoms. The van der Waals surface area contributed by atoms with Crippen LogP contribution in [0.4, 0.5) is 0 Å². The van der Waals surface area contributed by atoms with Crippen molar-refractivity contribution in [2.75, 3.05) is 0 Å². The Morgan fingerprint density at radius 3 is 1.76 bits per heavy atom. The average Bonchev–Trinajstić information content (AvgIpc) is 3.11. The SMILES string of the molecule is CC1CCC(C2OC2C2CCC(Br)CC2)CC1. The molecule has 2 saturated carbocycles. The lowest BCUT2D eigenvalue weighted by atomic mass is 9.78. The summed E-state index contributed by atoms with van der Waals surface area (Å²) in [6, 6.07) is 0. The number of hydrogen-bond acceptors (Lipinski definition) is 1. The average molecular weight is 301 g/mol. The highest BCUT2D eigenvalue weighted by molar-refractivity contribution is 9.09. The van der Waals surface area contributed by atoms with E-state index in [1.54, 1.807) is 0 Å². The predicted molar refractivity (Wildman–Crippen MR) is 74.5 cm³/mol. The Hall–Kier alpha value is 0.440. The van der Waals surface area contributed by atoms with Crippen LogP contribution in [0.15, 0.2) is 0 Å². The quantitative estimate of drug-likeness (QED) is 0.539. The van der Waals surface area contributed by atoms with Crippen molar-refractivity contribution in [2.24, 2.45) is 17.8 Å². The van der Waals surface area contributed by atoms with Gasteiger partial charge in [0, 0.05) is 4.83 Å². The minimum absolute atomic E-state index is 0.647. The molecule has 1 aliphatic heterocycles. The fraction of sp³-hybridized carbons (Fsp3) is 1.00. The number of rotatable bonds is 2. The molecule has 2 atom stereocenters. The van der Waals surface area contributed by atoms with Crippen LogP contribution in [0, 0.1) is 17.8 Å². The van der Waals surface area contributed by atoms with E-state index < -0.39 is 0 Å². The van der Waals surface area contributed by atoms with Gasteiger partial charge in [0.25, 0.3) is 0 Å². The van der Waals surface area contributed by atoms with Gasteiger partial charge in [0.15, 0.2) is 0 Å². The Kier molecular flexibility index (Phi) is 3.82. The third-order valence-corrected chi connectivity index (χ3v) is 6.17. The Bertz CT molecular complexity index is 226. The summed E-state index contributed by atoms with van der Waals surface area (Å²) in [7, 11) is 0. The largest absolute Gasteiger partial charge is 0.369 e. The summed E-state index contributed by atoms with van der Waals surface area (Å²) in [5.41, 5.74) is 0. The standard InChI is InChI=1S/C15H25BrO/c1-10-2-4-11(5-3-10)14-15(17-14)12-6-8-13(16)9-7-12/h10-15H,2-9H2,1H3. The van der Waals surface area contributed by atoms with Crippen LogP contribution in [0.1, 0.15) is 58.3 Å². The summed E-state index contributed by atoms with van der Waals surface area (Å²) in [5.74, 6) is 2.75. The van der Waals surface area contributed by atoms with Crippen LogP contribution in [0.3, 0.4) is 0 Å². The van der Waals surface area contributed by atoms with Crippen molar-refractivity contribution < 1.29 is 4.74 Å². The molecule has 3 aliphatic rings. The van der Waals surface area contributed by atoms with E-state index in [1.165, 1.54) is 51.4 Å². The molecule has 0 radical (unpaired) electrons. The molecule has 0 bridgehead atoms. The second kappa shape index (κ2) is 5.21. The molecule has 0 N–H and O–H groups in total. The molecule has 0 spiro atoms. The summed E-state index contributed by atoms with van der Waals surface area (Å²) in [4.78, 5) is 0.784. The van der Waals surface area contributed by atoms with E-state index in [1.807, 2.05) is 0 Å². The van der Waals surface area contributed by atoms with Gasteiger partial charge in [-0.25, -0.2) is 0 Å². The summed E-state index contributed by atoms with van der Waals surface area (Å²) in [6.07, 6.45) is 12.5. The minimum atomic E-state index is 0.647. The van der Waals surface area contributed by atoms with Gasteiger partial charge in [0.2, 0.25) is 0 Å². The lowest BCUT2D eigenvalue weighted by Crippen LogP contribution is -2.24. The Labute approximate surface area is 114 Å². The number of hydrogen-bond donors (Lipinski definition) is 0. The molecule has 1 saturated heterocycles. The van der Waals surface area contributed by atoms with E-state index in [4.69, 9.17) is 4.74 Å². The maximum absolute atomic E-state index is 6.05. The first-order chi connectivity index (χ1) is 8.24. The van der Waals surface area contributed by atoms with Crippen LogP contribution in [0.2, 0.25) is 0 Å². The van der Waals surface area contributed by atoms with Crippen molar-refractivity contribution in [3.05, 3.63) is 0 Å². The number of halogens is 1. The zero-order valence-electron chi connectivity index (χ0n) is 10.9. The van der Waals surface area contributed by atoms with Gasteiger partial charge < -0.3 is 4.74 Å². The van der Waals surface area contributed by atoms with Crippen LogP contribution in [0.5, 0.6) is 0 Å². The van der Waals surface area contributed by atoms with Gasteiger partial charge >= 0.3 is 0 Å². The minimum Gasteiger partial charge on any atom is -0.369 e. The predicted octanol–water partition coefficient (Wildman–Crippen LogP) is 4.53. The van der Waals surface area contributed by atoms with Gasteiger partial charge in [-0.05, 0) is 56.3 Å². The smallest absolute Gasteiger partial charge is 0.0872 e. The van der Waals surface area contributed by atoms with E-state index in [0.717, 1.165) is 22.6 Å². The van der Waals surface area contributed by atoms with Gasteiger partial charge in [-0.15, -0.1) is 0 Å². The Morgan fingerprint density at radius 2 is 1.24 bits per heavy atom. The number of epoxide rings is 1. The van der Waals surface area contributed by atoms with Crippen molar-refractivity contribution in [3.8, 4) is 0 Å². The highest BCUT2D eigenvalue weighted by Gasteiger charge is 2.49. The van der Waals surface area contributed by atoms with E-state index in [2.05, 4.69) is 22.9 Å². The molecule has 0 amide bonds. The molecule has 0 aromatic carbocycles. The summed E-state index contributed by atoms with van der Waals surface area (Å²) < 4.78 is 6.05. The van der Waals surface area contributed by atoms with E-state index in [9.17, 15) is 0 Å². The molecule has 2 unspecified atom stereocenters. The topological polar surface area (TPSA) is 12.5 Å². The second-order valence-corrected chi connectivity index (χ2v) is 7.89. The fourth-order valence-corrected chi connectivity index (χ4v) is 4.44. The first kappa shape index (κ1) is 12.5. The van der Waals surface area contributed by atoms with Crippen molar-refractivity contribution in [1.82, 2.24) is 0 Å². The lowest BCUT2D eigenvalue weighted by molar-refractivity contribution is 0.224. The molecule has 0 aromatic rings. The molecule has 1 heterocycles. The van der Waals surface area contributed by atoms with Crippen LogP contribution >= 0.6 is 15.9 Å². The number of ether oxygens (including phenoxy) is 1. The van der Waals surface area contributed by atoms with Crippen LogP contribution in [0.25, 0.3) is 0 Å². The maximum Gasteiger partial charge on any atom is 0.0872 e. The van der Waals surface area contributed by atoms with E-state index in [-0.39, 0.29) is 0 Å². The lowest BCUT2D eigenvalue weighted by Gasteiger charge is -2.27. The van der Waals surface area contributed by atoms with Gasteiger partial charge in [0.1, 0.15) is 0 Å². The Morgan fingerprint density at radius 1 is 0.765 bits per heavy atom. The molecule has 3 fully saturated rings. The molecular weight excluding hydrogens is 276 g/mol. The molecule has 1 nitrogen and oxygen atoms in total. The zero-order chi connectivity index (χ0) is 11.8. The second-order valence-electron chi connectivity index (χ2n) is 6.60. The summed E-state index contributed by atoms with van der Waals surface area (Å²) in [5, 5.41) is 0. The third kappa shape index (κ3) is 2.89. The summed E-state index contributed by atoms with van der Waals surface area (Å²) in [6.45, 7) is 2.40. The van der Waals surface area contributed by atoms with Crippen molar-refractivity contribution >= 4 is 15.9 Å². The van der Waals surface area contributed by atoms with Crippen molar-refractivity contribution in [3.63, 3.8) is 0 Å². The van der Waals surface area contributed by atoms with Crippen LogP contribution in [-0.2, 0) is 4.74 Å². The molecule has 0 aromatic heterocycles. The first-order valence-electron chi connectivity index (χ1n) is 7.53. The zero-order valence-corrected chi connectivity index (χ0v) is 12.5. The van der Waals surface area contributed by atoms with Gasteiger partial charge in [-0.3, -0.25) is 0 Å². The molecular formula is C15H25BrO. The normalized spacial score (nSPS) is 51.2. The fourth-order valence-electron chi connectivity index (χ4n) is 3.92. The third-order valence-electron chi connectivity index (χ3n) is 5.25. The van der Waals surface area contributed by atoms with E-state index in [0.29, 0.717) is 12.2 Å². The monoisotopic (exact) mass is 300 g/mol. The molecule has 2 aliphatic carbocycles. The van der Waals surface area contributed by atoms with Crippen LogP contribution < -0.4 is 0 Å². The first-order valence-corrected chi connectivity index (χ1v) is 8.45. The van der Waals surface area contributed by atoms with E-state index >= 15 is 0 Å². The maximum atomic E-state index is 6.05. The van der Waals surface area contributed by atoms with Gasteiger partial charge in [-0.2, -0.15) is 0 Å².